The Balaban J connectivity index is 2.36. The number of nitro groups is 1. The van der Waals surface area contributed by atoms with Crippen LogP contribution in [0.25, 0.3) is 0 Å². The Bertz CT molecular complexity index is 680. The molecule has 0 amide bonds. The Kier molecular flexibility index (Phi) is 3.47. The van der Waals surface area contributed by atoms with Gasteiger partial charge < -0.3 is 0 Å². The van der Waals surface area contributed by atoms with Crippen LogP contribution in [0.15, 0.2) is 16.5 Å². The smallest absolute Gasteiger partial charge is 0.267 e. The molecular weight excluding hydrogens is 324 g/mol. The lowest BCUT2D eigenvalue weighted by molar-refractivity contribution is -0.384. The highest BCUT2D eigenvalue weighted by atomic mass is 35.5. The highest BCUT2D eigenvalue weighted by Gasteiger charge is 2.25. The summed E-state index contributed by atoms with van der Waals surface area (Å²) in [5.41, 5.74) is -0.440. The Morgan fingerprint density at radius 1 is 1.50 bits per heavy atom. The predicted octanol–water partition coefficient (Wildman–Crippen LogP) is 1.96. The molecule has 96 valence electrons. The third-order valence-electron chi connectivity index (χ3n) is 1.70. The summed E-state index contributed by atoms with van der Waals surface area (Å²) in [5.74, 6) is 0. The maximum atomic E-state index is 11.9. The normalized spacial score (nSPS) is 11.4. The second kappa shape index (κ2) is 4.76. The van der Waals surface area contributed by atoms with E-state index in [0.29, 0.717) is 11.3 Å². The third-order valence-corrected chi connectivity index (χ3v) is 5.59. The van der Waals surface area contributed by atoms with Crippen molar-refractivity contribution in [3.05, 3.63) is 26.7 Å². The number of anilines is 1. The fraction of sp³-hybridized carbons (Fsp3) is 0. The fourth-order valence-electron chi connectivity index (χ4n) is 0.990. The lowest BCUT2D eigenvalue weighted by Gasteiger charge is -2.00. The van der Waals surface area contributed by atoms with Crippen LogP contribution in [-0.4, -0.2) is 22.9 Å². The average molecular weight is 327 g/mol. The molecule has 0 unspecified atom stereocenters. The van der Waals surface area contributed by atoms with Gasteiger partial charge in [0.1, 0.15) is 9.21 Å². The van der Waals surface area contributed by atoms with Crippen molar-refractivity contribution in [2.24, 2.45) is 0 Å². The van der Waals surface area contributed by atoms with E-state index >= 15 is 0 Å². The molecule has 0 spiro atoms. The maximum absolute atomic E-state index is 11.9. The van der Waals surface area contributed by atoms with Gasteiger partial charge in [0.15, 0.2) is 4.34 Å². The molecule has 12 heteroatoms. The van der Waals surface area contributed by atoms with Crippen LogP contribution in [-0.2, 0) is 10.0 Å². The van der Waals surface area contributed by atoms with Gasteiger partial charge >= 0.3 is 0 Å². The van der Waals surface area contributed by atoms with Crippen molar-refractivity contribution in [3.63, 3.8) is 0 Å². The number of hydrogen-bond donors (Lipinski definition) is 1. The summed E-state index contributed by atoms with van der Waals surface area (Å²) in [6.07, 6.45) is 1.23. The van der Waals surface area contributed by atoms with Crippen molar-refractivity contribution in [1.29, 1.82) is 0 Å². The largest absolute Gasteiger partial charge is 0.300 e. The van der Waals surface area contributed by atoms with E-state index in [4.69, 9.17) is 11.6 Å². The molecule has 0 aliphatic carbocycles. The van der Waals surface area contributed by atoms with Crippen molar-refractivity contribution in [2.45, 2.75) is 4.21 Å². The SMILES string of the molecule is O=[N+]([O-])c1cc(S(=O)(=O)Nc2cnns2)sc1Cl. The first-order chi connectivity index (χ1) is 8.40. The zero-order chi connectivity index (χ0) is 13.3. The number of rotatable bonds is 4. The van der Waals surface area contributed by atoms with E-state index in [9.17, 15) is 18.5 Å². The van der Waals surface area contributed by atoms with Gasteiger partial charge in [0.2, 0.25) is 0 Å². The molecule has 18 heavy (non-hydrogen) atoms. The molecule has 0 fully saturated rings. The predicted molar refractivity (Wildman–Crippen MR) is 66.7 cm³/mol. The Morgan fingerprint density at radius 3 is 2.72 bits per heavy atom. The van der Waals surface area contributed by atoms with Gasteiger partial charge in [0.05, 0.1) is 11.1 Å². The Hall–Kier alpha value is -1.30. The standard InChI is InChI=1S/C6H3ClN4O4S3/c7-6-3(11(12)13)1-5(16-6)18(14,15)9-4-2-8-10-17-4/h1-2,9H. The first-order valence-corrected chi connectivity index (χ1v) is 7.59. The van der Waals surface area contributed by atoms with Crippen LogP contribution < -0.4 is 4.72 Å². The van der Waals surface area contributed by atoms with Gasteiger partial charge in [-0.15, -0.1) is 16.4 Å². The van der Waals surface area contributed by atoms with Crippen LogP contribution in [0.1, 0.15) is 0 Å². The van der Waals surface area contributed by atoms with Crippen LogP contribution in [0.2, 0.25) is 4.34 Å². The number of aromatic nitrogens is 2. The summed E-state index contributed by atoms with van der Waals surface area (Å²) >= 11 is 7.05. The van der Waals surface area contributed by atoms with E-state index in [-0.39, 0.29) is 13.5 Å². The zero-order valence-electron chi connectivity index (χ0n) is 8.23. The monoisotopic (exact) mass is 326 g/mol. The van der Waals surface area contributed by atoms with E-state index < -0.39 is 20.6 Å². The van der Waals surface area contributed by atoms with Crippen molar-refractivity contribution < 1.29 is 13.3 Å². The molecule has 2 heterocycles. The second-order valence-corrected chi connectivity index (χ2v) is 7.22. The number of halogens is 1. The van der Waals surface area contributed by atoms with Gasteiger partial charge in [-0.3, -0.25) is 14.8 Å². The number of hydrogen-bond acceptors (Lipinski definition) is 8. The average Bonchev–Trinajstić information content (AvgIpc) is 2.86. The minimum absolute atomic E-state index is 0.192. The minimum atomic E-state index is -3.91. The van der Waals surface area contributed by atoms with Crippen LogP contribution in [0.3, 0.4) is 0 Å². The van der Waals surface area contributed by atoms with Crippen molar-refractivity contribution in [2.75, 3.05) is 4.72 Å². The number of thiophene rings is 1. The highest BCUT2D eigenvalue weighted by Crippen LogP contribution is 2.36. The molecule has 2 aromatic heterocycles. The first-order valence-electron chi connectivity index (χ1n) is 4.14. The van der Waals surface area contributed by atoms with Gasteiger partial charge in [-0.25, -0.2) is 8.42 Å². The minimum Gasteiger partial charge on any atom is -0.267 e. The molecule has 0 saturated carbocycles. The summed E-state index contributed by atoms with van der Waals surface area (Å²) in [4.78, 5) is 9.83. The molecule has 0 bridgehead atoms. The van der Waals surface area contributed by atoms with E-state index in [1.54, 1.807) is 0 Å². The molecule has 2 aromatic rings. The van der Waals surface area contributed by atoms with Crippen LogP contribution in [0, 0.1) is 10.1 Å². The fourth-order valence-corrected chi connectivity index (χ4v) is 4.34. The Labute approximate surface area is 114 Å². The summed E-state index contributed by atoms with van der Waals surface area (Å²) in [7, 11) is -3.91. The summed E-state index contributed by atoms with van der Waals surface area (Å²) in [5, 5.41) is 14.2. The van der Waals surface area contributed by atoms with E-state index in [2.05, 4.69) is 14.3 Å². The quantitative estimate of drug-likeness (QED) is 0.678. The number of nitrogens with one attached hydrogen (secondary N) is 1. The van der Waals surface area contributed by atoms with Gasteiger partial charge in [-0.2, -0.15) is 0 Å². The molecule has 2 rings (SSSR count). The highest BCUT2D eigenvalue weighted by molar-refractivity contribution is 7.95. The van der Waals surface area contributed by atoms with Crippen LogP contribution in [0.5, 0.6) is 0 Å². The molecule has 0 radical (unpaired) electrons. The molecule has 0 aliphatic heterocycles. The molecular formula is C6H3ClN4O4S3. The number of nitrogens with zero attached hydrogens (tertiary/aromatic N) is 3. The second-order valence-electron chi connectivity index (χ2n) is 2.87. The van der Waals surface area contributed by atoms with Gasteiger partial charge in [0, 0.05) is 17.6 Å². The maximum Gasteiger partial charge on any atom is 0.300 e. The van der Waals surface area contributed by atoms with Crippen molar-refractivity contribution in [1.82, 2.24) is 9.59 Å². The summed E-state index contributed by atoms with van der Waals surface area (Å²) in [6.45, 7) is 0. The molecule has 0 aliphatic rings. The Morgan fingerprint density at radius 2 is 2.22 bits per heavy atom. The van der Waals surface area contributed by atoms with E-state index in [1.807, 2.05) is 0 Å². The number of sulfonamides is 1. The molecule has 1 N–H and O–H groups in total. The third kappa shape index (κ3) is 2.58. The lowest BCUT2D eigenvalue weighted by Crippen LogP contribution is -2.10. The van der Waals surface area contributed by atoms with Crippen LogP contribution in [0.4, 0.5) is 10.7 Å². The topological polar surface area (TPSA) is 115 Å². The van der Waals surface area contributed by atoms with Gasteiger partial charge in [-0.1, -0.05) is 16.1 Å². The summed E-state index contributed by atoms with van der Waals surface area (Å²) < 4.78 is 29.0. The van der Waals surface area contributed by atoms with Gasteiger partial charge in [-0.05, 0) is 0 Å². The zero-order valence-corrected chi connectivity index (χ0v) is 11.4. The molecule has 8 nitrogen and oxygen atoms in total. The first kappa shape index (κ1) is 13.1. The van der Waals surface area contributed by atoms with Crippen molar-refractivity contribution in [3.8, 4) is 0 Å². The van der Waals surface area contributed by atoms with Crippen molar-refractivity contribution >= 4 is 55.2 Å². The van der Waals surface area contributed by atoms with Gasteiger partial charge in [0.25, 0.3) is 15.7 Å². The molecule has 0 atom stereocenters. The van der Waals surface area contributed by atoms with E-state index in [1.165, 1.54) is 6.20 Å². The molecule has 0 aromatic carbocycles. The van der Waals surface area contributed by atoms with Crippen LogP contribution >= 0.6 is 34.5 Å². The lowest BCUT2D eigenvalue weighted by atomic mass is 10.6. The van der Waals surface area contributed by atoms with E-state index in [0.717, 1.165) is 17.6 Å². The molecule has 0 saturated heterocycles. The summed E-state index contributed by atoms with van der Waals surface area (Å²) in [6, 6.07) is 0.907.